The second-order valence-electron chi connectivity index (χ2n) is 3.86. The Morgan fingerprint density at radius 2 is 2.29 bits per heavy atom. The van der Waals surface area contributed by atoms with Crippen LogP contribution in [-0.2, 0) is 4.74 Å². The van der Waals surface area contributed by atoms with Gasteiger partial charge in [-0.05, 0) is 31.5 Å². The van der Waals surface area contributed by atoms with Crippen molar-refractivity contribution in [1.82, 2.24) is 10.3 Å². The normalized spacial score (nSPS) is 11.2. The van der Waals surface area contributed by atoms with Gasteiger partial charge in [0.15, 0.2) is 0 Å². The number of methoxy groups -OCH3 is 1. The molecular formula is C13H21N3O. The summed E-state index contributed by atoms with van der Waals surface area (Å²) in [5, 5.41) is 3.28. The van der Waals surface area contributed by atoms with Crippen molar-refractivity contribution in [3.63, 3.8) is 0 Å². The first kappa shape index (κ1) is 13.7. The summed E-state index contributed by atoms with van der Waals surface area (Å²) in [7, 11) is 1.70. The van der Waals surface area contributed by atoms with E-state index in [0.717, 1.165) is 37.2 Å². The average molecular weight is 235 g/mol. The molecule has 0 aliphatic heterocycles. The Morgan fingerprint density at radius 3 is 3.00 bits per heavy atom. The van der Waals surface area contributed by atoms with Crippen LogP contribution in [0.3, 0.4) is 0 Å². The molecule has 0 bridgehead atoms. The highest BCUT2D eigenvalue weighted by atomic mass is 16.5. The third kappa shape index (κ3) is 4.97. The number of hydrogen-bond acceptors (Lipinski definition) is 4. The van der Waals surface area contributed by atoms with Gasteiger partial charge >= 0.3 is 0 Å². The number of aryl methyl sites for hydroxylation is 1. The molecule has 4 nitrogen and oxygen atoms in total. The number of nitrogen functional groups attached to an aromatic ring is 1. The largest absolute Gasteiger partial charge is 0.383 e. The molecular weight excluding hydrogens is 214 g/mol. The predicted molar refractivity (Wildman–Crippen MR) is 71.8 cm³/mol. The van der Waals surface area contributed by atoms with Gasteiger partial charge in [-0.2, -0.15) is 0 Å². The van der Waals surface area contributed by atoms with Gasteiger partial charge in [0.1, 0.15) is 5.82 Å². The Bertz CT molecular complexity index is 343. The van der Waals surface area contributed by atoms with E-state index >= 15 is 0 Å². The van der Waals surface area contributed by atoms with Crippen LogP contribution in [0, 0.1) is 6.92 Å². The van der Waals surface area contributed by atoms with Crippen LogP contribution in [0.1, 0.15) is 17.5 Å². The highest BCUT2D eigenvalue weighted by Crippen LogP contribution is 2.15. The zero-order chi connectivity index (χ0) is 12.5. The SMILES string of the molecule is COCCNCCC=Cc1c(C)ccnc1N. The van der Waals surface area contributed by atoms with Crippen molar-refractivity contribution < 1.29 is 4.74 Å². The summed E-state index contributed by atoms with van der Waals surface area (Å²) in [6, 6.07) is 1.97. The van der Waals surface area contributed by atoms with Crippen molar-refractivity contribution in [1.29, 1.82) is 0 Å². The molecule has 0 atom stereocenters. The van der Waals surface area contributed by atoms with E-state index in [1.165, 1.54) is 0 Å². The monoisotopic (exact) mass is 235 g/mol. The van der Waals surface area contributed by atoms with Crippen LogP contribution in [0.2, 0.25) is 0 Å². The number of nitrogens with two attached hydrogens (primary N) is 1. The molecule has 0 fully saturated rings. The van der Waals surface area contributed by atoms with Crippen LogP contribution in [0.5, 0.6) is 0 Å². The van der Waals surface area contributed by atoms with Gasteiger partial charge in [-0.25, -0.2) is 4.98 Å². The Morgan fingerprint density at radius 1 is 1.47 bits per heavy atom. The molecule has 4 heteroatoms. The zero-order valence-electron chi connectivity index (χ0n) is 10.6. The molecule has 94 valence electrons. The van der Waals surface area contributed by atoms with Crippen molar-refractivity contribution in [2.45, 2.75) is 13.3 Å². The van der Waals surface area contributed by atoms with Crippen molar-refractivity contribution in [3.05, 3.63) is 29.5 Å². The van der Waals surface area contributed by atoms with E-state index in [1.807, 2.05) is 19.1 Å². The summed E-state index contributed by atoms with van der Waals surface area (Å²) >= 11 is 0. The summed E-state index contributed by atoms with van der Waals surface area (Å²) in [5.74, 6) is 0.591. The number of nitrogens with zero attached hydrogens (tertiary/aromatic N) is 1. The Balaban J connectivity index is 2.33. The highest BCUT2D eigenvalue weighted by Gasteiger charge is 1.98. The van der Waals surface area contributed by atoms with E-state index < -0.39 is 0 Å². The van der Waals surface area contributed by atoms with Crippen molar-refractivity contribution >= 4 is 11.9 Å². The van der Waals surface area contributed by atoms with E-state index in [1.54, 1.807) is 13.3 Å². The Hall–Kier alpha value is -1.39. The van der Waals surface area contributed by atoms with Gasteiger partial charge in [-0.3, -0.25) is 0 Å². The lowest BCUT2D eigenvalue weighted by molar-refractivity contribution is 0.199. The molecule has 0 aliphatic rings. The van der Waals surface area contributed by atoms with Crippen molar-refractivity contribution in [2.24, 2.45) is 0 Å². The predicted octanol–water partition coefficient (Wildman–Crippen LogP) is 1.61. The van der Waals surface area contributed by atoms with Crippen LogP contribution >= 0.6 is 0 Å². The smallest absolute Gasteiger partial charge is 0.130 e. The minimum atomic E-state index is 0.591. The van der Waals surface area contributed by atoms with E-state index in [-0.39, 0.29) is 0 Å². The minimum absolute atomic E-state index is 0.591. The van der Waals surface area contributed by atoms with E-state index in [2.05, 4.69) is 16.4 Å². The summed E-state index contributed by atoms with van der Waals surface area (Å²) in [6.07, 6.45) is 6.85. The molecule has 0 amide bonds. The second kappa shape index (κ2) is 7.81. The molecule has 0 aromatic carbocycles. The number of aromatic nitrogens is 1. The van der Waals surface area contributed by atoms with Gasteiger partial charge in [-0.1, -0.05) is 12.2 Å². The maximum atomic E-state index is 5.81. The Kier molecular flexibility index (Phi) is 6.29. The molecule has 3 N–H and O–H groups in total. The molecule has 1 heterocycles. The van der Waals surface area contributed by atoms with E-state index in [0.29, 0.717) is 5.82 Å². The van der Waals surface area contributed by atoms with Crippen LogP contribution in [0.15, 0.2) is 18.3 Å². The highest BCUT2D eigenvalue weighted by molar-refractivity contribution is 5.63. The average Bonchev–Trinajstić information content (AvgIpc) is 2.31. The standard InChI is InChI=1S/C13H21N3O/c1-11-6-8-16-13(14)12(11)5-3-4-7-15-9-10-17-2/h3,5-6,8,15H,4,7,9-10H2,1-2H3,(H2,14,16). The van der Waals surface area contributed by atoms with Gasteiger partial charge in [0.2, 0.25) is 0 Å². The van der Waals surface area contributed by atoms with Crippen LogP contribution in [0.25, 0.3) is 6.08 Å². The summed E-state index contributed by atoms with van der Waals surface area (Å²) in [5.41, 5.74) is 7.98. The van der Waals surface area contributed by atoms with E-state index in [9.17, 15) is 0 Å². The summed E-state index contributed by atoms with van der Waals surface area (Å²) in [6.45, 7) is 4.62. The molecule has 0 aliphatic carbocycles. The maximum Gasteiger partial charge on any atom is 0.130 e. The fraction of sp³-hybridized carbons (Fsp3) is 0.462. The quantitative estimate of drug-likeness (QED) is 0.705. The van der Waals surface area contributed by atoms with Crippen LogP contribution in [-0.4, -0.2) is 31.8 Å². The number of anilines is 1. The second-order valence-corrected chi connectivity index (χ2v) is 3.86. The minimum Gasteiger partial charge on any atom is -0.383 e. The van der Waals surface area contributed by atoms with Crippen LogP contribution in [0.4, 0.5) is 5.82 Å². The van der Waals surface area contributed by atoms with Gasteiger partial charge in [0.05, 0.1) is 6.61 Å². The molecule has 0 saturated heterocycles. The first-order valence-electron chi connectivity index (χ1n) is 5.83. The van der Waals surface area contributed by atoms with Gasteiger partial charge < -0.3 is 15.8 Å². The number of nitrogens with one attached hydrogen (secondary N) is 1. The molecule has 1 rings (SSSR count). The Labute approximate surface area is 103 Å². The number of hydrogen-bond donors (Lipinski definition) is 2. The summed E-state index contributed by atoms with van der Waals surface area (Å²) < 4.78 is 4.94. The van der Waals surface area contributed by atoms with Gasteiger partial charge in [-0.15, -0.1) is 0 Å². The molecule has 0 unspecified atom stereocenters. The number of rotatable bonds is 7. The summed E-state index contributed by atoms with van der Waals surface area (Å²) in [4.78, 5) is 4.07. The molecule has 0 spiro atoms. The van der Waals surface area contributed by atoms with Gasteiger partial charge in [0, 0.05) is 25.4 Å². The number of pyridine rings is 1. The lowest BCUT2D eigenvalue weighted by Gasteiger charge is -2.03. The zero-order valence-corrected chi connectivity index (χ0v) is 10.6. The topological polar surface area (TPSA) is 60.2 Å². The van der Waals surface area contributed by atoms with Crippen molar-refractivity contribution in [3.8, 4) is 0 Å². The molecule has 0 saturated carbocycles. The third-order valence-corrected chi connectivity index (χ3v) is 2.49. The molecule has 1 aromatic heterocycles. The number of ether oxygens (including phenoxy) is 1. The lowest BCUT2D eigenvalue weighted by atomic mass is 10.1. The molecule has 17 heavy (non-hydrogen) atoms. The lowest BCUT2D eigenvalue weighted by Crippen LogP contribution is -2.19. The third-order valence-electron chi connectivity index (χ3n) is 2.49. The van der Waals surface area contributed by atoms with E-state index in [4.69, 9.17) is 10.5 Å². The van der Waals surface area contributed by atoms with Gasteiger partial charge in [0.25, 0.3) is 0 Å². The van der Waals surface area contributed by atoms with Crippen LogP contribution < -0.4 is 11.1 Å². The maximum absolute atomic E-state index is 5.81. The fourth-order valence-corrected chi connectivity index (χ4v) is 1.49. The molecule has 0 radical (unpaired) electrons. The first-order chi connectivity index (χ1) is 8.25. The first-order valence-corrected chi connectivity index (χ1v) is 5.83. The van der Waals surface area contributed by atoms with Crippen molar-refractivity contribution in [2.75, 3.05) is 32.5 Å². The molecule has 1 aromatic rings. The fourth-order valence-electron chi connectivity index (χ4n) is 1.49.